The second-order valence-corrected chi connectivity index (χ2v) is 8.71. The van der Waals surface area contributed by atoms with Crippen molar-refractivity contribution in [3.8, 4) is 0 Å². The van der Waals surface area contributed by atoms with E-state index in [4.69, 9.17) is 16.3 Å². The van der Waals surface area contributed by atoms with E-state index in [1.807, 2.05) is 0 Å². The number of hydrogen-bond acceptors (Lipinski definition) is 6. The molecule has 1 aromatic carbocycles. The number of anilines is 1. The SMILES string of the molecule is CC(C)(C)OC(=O)N(c1cscn1)S(=O)(=O)c1c(F)cc(F)c(Cl)c1F. The molecule has 0 saturated heterocycles. The van der Waals surface area contributed by atoms with Crippen molar-refractivity contribution in [2.45, 2.75) is 31.3 Å². The first-order valence-corrected chi connectivity index (χ1v) is 9.62. The minimum Gasteiger partial charge on any atom is -0.443 e. The summed E-state index contributed by atoms with van der Waals surface area (Å²) in [7, 11) is -5.19. The van der Waals surface area contributed by atoms with Gasteiger partial charge in [0.25, 0.3) is 10.0 Å². The molecule has 1 aromatic heterocycles. The number of carbonyl (C=O) groups is 1. The van der Waals surface area contributed by atoms with Crippen molar-refractivity contribution in [1.29, 1.82) is 0 Å². The van der Waals surface area contributed by atoms with Crippen molar-refractivity contribution in [1.82, 2.24) is 4.98 Å². The molecular formula is C14H12ClF3N2O4S2. The molecule has 142 valence electrons. The van der Waals surface area contributed by atoms with Crippen molar-refractivity contribution in [3.63, 3.8) is 0 Å². The predicted molar refractivity (Wildman–Crippen MR) is 89.3 cm³/mol. The molecule has 0 aliphatic rings. The summed E-state index contributed by atoms with van der Waals surface area (Å²) in [6.45, 7) is 4.39. The van der Waals surface area contributed by atoms with Crippen LogP contribution >= 0.6 is 22.9 Å². The van der Waals surface area contributed by atoms with Crippen LogP contribution in [0, 0.1) is 17.5 Å². The first kappa shape index (κ1) is 20.5. The highest BCUT2D eigenvalue weighted by atomic mass is 35.5. The maximum atomic E-state index is 14.2. The number of halogens is 4. The molecule has 26 heavy (non-hydrogen) atoms. The first-order chi connectivity index (χ1) is 11.9. The quantitative estimate of drug-likeness (QED) is 0.536. The molecule has 12 heteroatoms. The Hall–Kier alpha value is -1.85. The number of benzene rings is 1. The van der Waals surface area contributed by atoms with Crippen LogP contribution in [0.2, 0.25) is 5.02 Å². The third-order valence-electron chi connectivity index (χ3n) is 2.76. The standard InChI is InChI=1S/C14H12ClF3N2O4S2/c1-14(2,3)24-13(21)20(9-5-25-6-19-9)26(22,23)12-8(17)4-7(16)10(15)11(12)18/h4-6H,1-3H3. The van der Waals surface area contributed by atoms with Crippen LogP contribution in [-0.2, 0) is 14.8 Å². The average molecular weight is 429 g/mol. The van der Waals surface area contributed by atoms with Gasteiger partial charge in [0, 0.05) is 11.4 Å². The maximum Gasteiger partial charge on any atom is 0.430 e. The zero-order valence-electron chi connectivity index (χ0n) is 13.6. The number of ether oxygens (including phenoxy) is 1. The van der Waals surface area contributed by atoms with E-state index in [0.29, 0.717) is 0 Å². The van der Waals surface area contributed by atoms with E-state index in [1.165, 1.54) is 26.3 Å². The number of sulfonamides is 1. The van der Waals surface area contributed by atoms with E-state index in [1.54, 1.807) is 0 Å². The van der Waals surface area contributed by atoms with E-state index < -0.39 is 54.9 Å². The Labute approximate surface area is 156 Å². The fourth-order valence-electron chi connectivity index (χ4n) is 1.80. The fourth-order valence-corrected chi connectivity index (χ4v) is 3.99. The Morgan fingerprint density at radius 3 is 2.38 bits per heavy atom. The van der Waals surface area contributed by atoms with Gasteiger partial charge in [0.2, 0.25) is 0 Å². The van der Waals surface area contributed by atoms with Crippen LogP contribution in [0.4, 0.5) is 23.8 Å². The summed E-state index contributed by atoms with van der Waals surface area (Å²) >= 11 is 6.28. The van der Waals surface area contributed by atoms with Gasteiger partial charge in [-0.05, 0) is 20.8 Å². The molecule has 0 bridgehead atoms. The molecule has 0 fully saturated rings. The van der Waals surface area contributed by atoms with Gasteiger partial charge < -0.3 is 4.74 Å². The molecule has 0 spiro atoms. The van der Waals surface area contributed by atoms with Crippen LogP contribution in [0.5, 0.6) is 0 Å². The van der Waals surface area contributed by atoms with Gasteiger partial charge in [-0.25, -0.2) is 31.4 Å². The zero-order chi connectivity index (χ0) is 19.9. The lowest BCUT2D eigenvalue weighted by molar-refractivity contribution is 0.0608. The van der Waals surface area contributed by atoms with Gasteiger partial charge in [-0.1, -0.05) is 11.6 Å². The molecule has 1 amide bonds. The maximum absolute atomic E-state index is 14.2. The molecule has 0 atom stereocenters. The molecule has 2 aromatic rings. The van der Waals surface area contributed by atoms with Gasteiger partial charge in [-0.15, -0.1) is 15.6 Å². The molecule has 0 radical (unpaired) electrons. The van der Waals surface area contributed by atoms with Gasteiger partial charge >= 0.3 is 6.09 Å². The normalized spacial score (nSPS) is 12.1. The minimum absolute atomic E-state index is 0.00945. The van der Waals surface area contributed by atoms with Crippen LogP contribution in [0.25, 0.3) is 0 Å². The molecule has 0 saturated carbocycles. The molecule has 0 aliphatic carbocycles. The molecule has 0 aliphatic heterocycles. The van der Waals surface area contributed by atoms with Gasteiger partial charge in [0.1, 0.15) is 22.3 Å². The number of aromatic nitrogens is 1. The number of hydrogen-bond donors (Lipinski definition) is 0. The van der Waals surface area contributed by atoms with Crippen LogP contribution < -0.4 is 4.31 Å². The Bertz CT molecular complexity index is 944. The highest BCUT2D eigenvalue weighted by molar-refractivity contribution is 7.93. The molecular weight excluding hydrogens is 417 g/mol. The summed E-state index contributed by atoms with van der Waals surface area (Å²) in [5, 5.41) is -0.0741. The minimum atomic E-state index is -5.19. The highest BCUT2D eigenvalue weighted by Gasteiger charge is 2.40. The van der Waals surface area contributed by atoms with Crippen LogP contribution in [0.3, 0.4) is 0 Å². The Morgan fingerprint density at radius 2 is 1.88 bits per heavy atom. The van der Waals surface area contributed by atoms with Gasteiger partial charge in [0.15, 0.2) is 16.5 Å². The lowest BCUT2D eigenvalue weighted by atomic mass is 10.2. The first-order valence-electron chi connectivity index (χ1n) is 6.85. The molecule has 0 N–H and O–H groups in total. The molecule has 6 nitrogen and oxygen atoms in total. The number of amides is 1. The summed E-state index contributed by atoms with van der Waals surface area (Å²) in [5.74, 6) is -5.55. The summed E-state index contributed by atoms with van der Waals surface area (Å²) in [6.07, 6.45) is -1.44. The summed E-state index contributed by atoms with van der Waals surface area (Å²) < 4.78 is 72.2. The largest absolute Gasteiger partial charge is 0.443 e. The van der Waals surface area contributed by atoms with E-state index >= 15 is 0 Å². The van der Waals surface area contributed by atoms with Crippen molar-refractivity contribution in [2.24, 2.45) is 0 Å². The number of nitrogens with zero attached hydrogens (tertiary/aromatic N) is 2. The Kier molecular flexibility index (Phi) is 5.54. The molecule has 0 unspecified atom stereocenters. The fraction of sp³-hybridized carbons (Fsp3) is 0.286. The monoisotopic (exact) mass is 428 g/mol. The van der Waals surface area contributed by atoms with Gasteiger partial charge in [-0.2, -0.15) is 0 Å². The van der Waals surface area contributed by atoms with Crippen molar-refractivity contribution >= 4 is 44.9 Å². The van der Waals surface area contributed by atoms with Gasteiger partial charge in [0.05, 0.1) is 5.51 Å². The van der Waals surface area contributed by atoms with Crippen molar-refractivity contribution in [2.75, 3.05) is 4.31 Å². The zero-order valence-corrected chi connectivity index (χ0v) is 16.0. The second-order valence-electron chi connectivity index (χ2n) is 5.89. The summed E-state index contributed by atoms with van der Waals surface area (Å²) in [6, 6.07) is 0.104. The van der Waals surface area contributed by atoms with Gasteiger partial charge in [-0.3, -0.25) is 0 Å². The Morgan fingerprint density at radius 1 is 1.27 bits per heavy atom. The summed E-state index contributed by atoms with van der Waals surface area (Å²) in [5.41, 5.74) is 0.0883. The number of thiazole rings is 1. The second kappa shape index (κ2) is 7.05. The molecule has 1 heterocycles. The number of rotatable bonds is 3. The smallest absolute Gasteiger partial charge is 0.430 e. The molecule has 2 rings (SSSR count). The lowest BCUT2D eigenvalue weighted by Gasteiger charge is -2.26. The highest BCUT2D eigenvalue weighted by Crippen LogP contribution is 2.33. The third-order valence-corrected chi connectivity index (χ3v) is 5.38. The van der Waals surface area contributed by atoms with E-state index in [9.17, 15) is 26.4 Å². The van der Waals surface area contributed by atoms with Crippen LogP contribution in [0.15, 0.2) is 21.9 Å². The number of carbonyl (C=O) groups excluding carboxylic acids is 1. The van der Waals surface area contributed by atoms with Crippen LogP contribution in [0.1, 0.15) is 20.8 Å². The topological polar surface area (TPSA) is 76.6 Å². The van der Waals surface area contributed by atoms with Crippen molar-refractivity contribution in [3.05, 3.63) is 39.4 Å². The third kappa shape index (κ3) is 3.94. The van der Waals surface area contributed by atoms with Crippen LogP contribution in [-0.4, -0.2) is 25.1 Å². The van der Waals surface area contributed by atoms with Crippen molar-refractivity contribution < 1.29 is 31.1 Å². The summed E-state index contributed by atoms with van der Waals surface area (Å²) in [4.78, 5) is 14.5. The van der Waals surface area contributed by atoms with E-state index in [0.717, 1.165) is 16.7 Å². The lowest BCUT2D eigenvalue weighted by Crippen LogP contribution is -2.41. The predicted octanol–water partition coefficient (Wildman–Crippen LogP) is 4.34. The van der Waals surface area contributed by atoms with E-state index in [-0.39, 0.29) is 10.4 Å². The average Bonchev–Trinajstić information content (AvgIpc) is 2.95. The van der Waals surface area contributed by atoms with E-state index in [2.05, 4.69) is 4.98 Å². The Balaban J connectivity index is 2.69.